The molecule has 0 radical (unpaired) electrons. The van der Waals surface area contributed by atoms with E-state index in [9.17, 15) is 18.4 Å². The second kappa shape index (κ2) is 8.71. The van der Waals surface area contributed by atoms with Crippen LogP contribution in [0.5, 0.6) is 0 Å². The number of amides is 2. The molecule has 2 aliphatic rings. The fraction of sp³-hybridized carbons (Fsp3) is 0.364. The summed E-state index contributed by atoms with van der Waals surface area (Å²) in [6.45, 7) is 1.24. The Kier molecular flexibility index (Phi) is 5.98. The van der Waals surface area contributed by atoms with Gasteiger partial charge in [0.25, 0.3) is 0 Å². The Hall–Kier alpha value is -3.24. The molecule has 0 unspecified atom stereocenters. The van der Waals surface area contributed by atoms with Crippen LogP contribution in [0.2, 0.25) is 0 Å². The highest BCUT2D eigenvalue weighted by Crippen LogP contribution is 2.33. The van der Waals surface area contributed by atoms with Gasteiger partial charge in [0, 0.05) is 24.2 Å². The van der Waals surface area contributed by atoms with Crippen molar-refractivity contribution in [2.75, 3.05) is 50.1 Å². The second-order valence-corrected chi connectivity index (χ2v) is 8.06. The van der Waals surface area contributed by atoms with Gasteiger partial charge in [0.05, 0.1) is 24.5 Å². The number of nitrogens with two attached hydrogens (primary N) is 1. The molecule has 4 rings (SSSR count). The van der Waals surface area contributed by atoms with E-state index in [0.29, 0.717) is 24.5 Å². The number of carbonyl (C=O) groups is 2. The van der Waals surface area contributed by atoms with Crippen LogP contribution in [0.1, 0.15) is 0 Å². The Bertz CT molecular complexity index is 1050. The first-order valence-corrected chi connectivity index (χ1v) is 10.2. The first-order chi connectivity index (χ1) is 15.3. The third kappa shape index (κ3) is 4.23. The van der Waals surface area contributed by atoms with Gasteiger partial charge in [0.2, 0.25) is 0 Å². The number of carbonyl (C=O) groups excluding carboxylic acids is 2. The van der Waals surface area contributed by atoms with Crippen LogP contribution in [0, 0.1) is 11.6 Å². The van der Waals surface area contributed by atoms with Crippen molar-refractivity contribution in [2.45, 2.75) is 12.2 Å². The van der Waals surface area contributed by atoms with Crippen LogP contribution in [0.3, 0.4) is 0 Å². The van der Waals surface area contributed by atoms with Gasteiger partial charge in [-0.1, -0.05) is 0 Å². The van der Waals surface area contributed by atoms with Crippen LogP contribution in [-0.2, 0) is 9.47 Å². The standard InChI is InChI=1S/C22H24F2N4O4/c1-26(2)10-16-12-28(22(30)32-16)14-4-6-18(20(24)8-14)17-5-3-13(7-19(17)23)27-11-15(9-25)31-21(27)29/h3-8,15-16H,9-12,25H2,1-2H3/t15-,16-/m0/s1. The van der Waals surface area contributed by atoms with Crippen molar-refractivity contribution >= 4 is 23.6 Å². The lowest BCUT2D eigenvalue weighted by Gasteiger charge is -2.17. The number of hydrogen-bond donors (Lipinski definition) is 1. The van der Waals surface area contributed by atoms with Gasteiger partial charge in [-0.25, -0.2) is 18.4 Å². The third-order valence-corrected chi connectivity index (χ3v) is 5.40. The van der Waals surface area contributed by atoms with Crippen LogP contribution in [-0.4, -0.2) is 69.6 Å². The molecule has 32 heavy (non-hydrogen) atoms. The number of hydrogen-bond acceptors (Lipinski definition) is 6. The van der Waals surface area contributed by atoms with Crippen LogP contribution in [0.25, 0.3) is 11.1 Å². The van der Waals surface area contributed by atoms with Gasteiger partial charge < -0.3 is 20.1 Å². The zero-order valence-electron chi connectivity index (χ0n) is 17.8. The van der Waals surface area contributed by atoms with Crippen LogP contribution < -0.4 is 15.5 Å². The summed E-state index contributed by atoms with van der Waals surface area (Å²) in [7, 11) is 3.74. The van der Waals surface area contributed by atoms with Crippen molar-refractivity contribution in [3.63, 3.8) is 0 Å². The fourth-order valence-corrected chi connectivity index (χ4v) is 3.87. The molecule has 0 saturated carbocycles. The molecule has 10 heteroatoms. The summed E-state index contributed by atoms with van der Waals surface area (Å²) in [5, 5.41) is 0. The third-order valence-electron chi connectivity index (χ3n) is 5.40. The van der Waals surface area contributed by atoms with E-state index in [0.717, 1.165) is 6.07 Å². The van der Waals surface area contributed by atoms with Gasteiger partial charge in [0.15, 0.2) is 0 Å². The highest BCUT2D eigenvalue weighted by molar-refractivity contribution is 5.91. The lowest BCUT2D eigenvalue weighted by Crippen LogP contribution is -2.30. The predicted molar refractivity (Wildman–Crippen MR) is 115 cm³/mol. The van der Waals surface area contributed by atoms with Crippen molar-refractivity contribution in [2.24, 2.45) is 5.73 Å². The predicted octanol–water partition coefficient (Wildman–Crippen LogP) is 2.80. The van der Waals surface area contributed by atoms with E-state index in [1.165, 1.54) is 34.1 Å². The lowest BCUT2D eigenvalue weighted by atomic mass is 10.0. The Morgan fingerprint density at radius 2 is 1.38 bits per heavy atom. The van der Waals surface area contributed by atoms with Crippen molar-refractivity contribution in [3.8, 4) is 11.1 Å². The Morgan fingerprint density at radius 1 is 0.906 bits per heavy atom. The minimum atomic E-state index is -0.690. The number of benzene rings is 2. The molecule has 2 amide bonds. The summed E-state index contributed by atoms with van der Waals surface area (Å²) < 4.78 is 40.2. The molecule has 170 valence electrons. The van der Waals surface area contributed by atoms with E-state index >= 15 is 0 Å². The van der Waals surface area contributed by atoms with Gasteiger partial charge in [-0.2, -0.15) is 0 Å². The Morgan fingerprint density at radius 3 is 1.78 bits per heavy atom. The number of nitrogens with zero attached hydrogens (tertiary/aromatic N) is 3. The molecule has 2 fully saturated rings. The van der Waals surface area contributed by atoms with E-state index in [1.807, 2.05) is 19.0 Å². The maximum atomic E-state index is 14.9. The average molecular weight is 446 g/mol. The molecule has 2 heterocycles. The highest BCUT2D eigenvalue weighted by Gasteiger charge is 2.34. The fourth-order valence-electron chi connectivity index (χ4n) is 3.87. The maximum Gasteiger partial charge on any atom is 0.414 e. The number of ether oxygens (including phenoxy) is 2. The van der Waals surface area contributed by atoms with Crippen molar-refractivity contribution in [3.05, 3.63) is 48.0 Å². The first kappa shape index (κ1) is 22.0. The first-order valence-electron chi connectivity index (χ1n) is 10.2. The molecule has 2 N–H and O–H groups in total. The van der Waals surface area contributed by atoms with Gasteiger partial charge in [-0.05, 0) is 50.5 Å². The summed E-state index contributed by atoms with van der Waals surface area (Å²) in [5.74, 6) is -1.37. The molecule has 2 aromatic rings. The zero-order valence-corrected chi connectivity index (χ0v) is 17.8. The van der Waals surface area contributed by atoms with Crippen molar-refractivity contribution < 1.29 is 27.8 Å². The zero-order chi connectivity index (χ0) is 23.0. The van der Waals surface area contributed by atoms with E-state index in [1.54, 1.807) is 6.07 Å². The van der Waals surface area contributed by atoms with E-state index in [4.69, 9.17) is 15.2 Å². The minimum absolute atomic E-state index is 0.0372. The average Bonchev–Trinajstić information content (AvgIpc) is 3.29. The van der Waals surface area contributed by atoms with Crippen LogP contribution >= 0.6 is 0 Å². The minimum Gasteiger partial charge on any atom is -0.443 e. The van der Waals surface area contributed by atoms with Crippen LogP contribution in [0.4, 0.5) is 29.7 Å². The number of anilines is 2. The Labute approximate surface area is 184 Å². The molecule has 0 aromatic heterocycles. The Balaban J connectivity index is 1.55. The lowest BCUT2D eigenvalue weighted by molar-refractivity contribution is 0.123. The van der Waals surface area contributed by atoms with Gasteiger partial charge in [-0.15, -0.1) is 0 Å². The molecule has 2 aliphatic heterocycles. The molecule has 2 atom stereocenters. The summed E-state index contributed by atoms with van der Waals surface area (Å²) in [6, 6.07) is 8.25. The number of likely N-dealkylation sites (N-methyl/N-ethyl adjacent to an activating group) is 1. The van der Waals surface area contributed by atoms with E-state index < -0.39 is 29.9 Å². The molecule has 8 nitrogen and oxygen atoms in total. The van der Waals surface area contributed by atoms with Gasteiger partial charge in [-0.3, -0.25) is 9.80 Å². The number of cyclic esters (lactones) is 2. The topological polar surface area (TPSA) is 88.3 Å². The second-order valence-electron chi connectivity index (χ2n) is 8.06. The molecular weight excluding hydrogens is 422 g/mol. The number of halogens is 2. The molecule has 2 aromatic carbocycles. The smallest absolute Gasteiger partial charge is 0.414 e. The molecule has 0 aliphatic carbocycles. The molecule has 0 spiro atoms. The van der Waals surface area contributed by atoms with Crippen molar-refractivity contribution in [1.29, 1.82) is 0 Å². The van der Waals surface area contributed by atoms with Gasteiger partial charge in [0.1, 0.15) is 23.8 Å². The van der Waals surface area contributed by atoms with E-state index in [-0.39, 0.29) is 30.3 Å². The summed E-state index contributed by atoms with van der Waals surface area (Å²) in [5.41, 5.74) is 6.24. The highest BCUT2D eigenvalue weighted by atomic mass is 19.1. The summed E-state index contributed by atoms with van der Waals surface area (Å²) >= 11 is 0. The summed E-state index contributed by atoms with van der Waals surface area (Å²) in [4.78, 5) is 28.7. The maximum absolute atomic E-state index is 14.9. The molecule has 0 bridgehead atoms. The largest absolute Gasteiger partial charge is 0.443 e. The molecule has 2 saturated heterocycles. The quantitative estimate of drug-likeness (QED) is 0.734. The monoisotopic (exact) mass is 446 g/mol. The number of rotatable bonds is 6. The SMILES string of the molecule is CN(C)C[C@H]1CN(c2ccc(-c3ccc(N4C[C@H](CN)OC4=O)cc3F)c(F)c2)C(=O)O1. The normalized spacial score (nSPS) is 20.8. The van der Waals surface area contributed by atoms with Crippen LogP contribution in [0.15, 0.2) is 36.4 Å². The molecular formula is C22H24F2N4O4. The van der Waals surface area contributed by atoms with Gasteiger partial charge >= 0.3 is 12.2 Å². The van der Waals surface area contributed by atoms with E-state index in [2.05, 4.69) is 0 Å². The van der Waals surface area contributed by atoms with Crippen molar-refractivity contribution in [1.82, 2.24) is 4.90 Å². The summed E-state index contributed by atoms with van der Waals surface area (Å²) in [6.07, 6.45) is -1.92.